The molecule has 2 saturated heterocycles. The van der Waals surface area contributed by atoms with Crippen LogP contribution in [0.1, 0.15) is 46.0 Å². The monoisotopic (exact) mass is 398 g/mol. The van der Waals surface area contributed by atoms with Gasteiger partial charge in [-0.3, -0.25) is 9.59 Å². The summed E-state index contributed by atoms with van der Waals surface area (Å²) in [6, 6.07) is -0.916. The highest BCUT2D eigenvalue weighted by molar-refractivity contribution is 7.80. The van der Waals surface area contributed by atoms with E-state index >= 15 is 0 Å². The molecule has 2 aliphatic heterocycles. The van der Waals surface area contributed by atoms with Crippen molar-refractivity contribution in [3.63, 3.8) is 0 Å². The van der Waals surface area contributed by atoms with E-state index in [2.05, 4.69) is 5.32 Å². The van der Waals surface area contributed by atoms with Crippen molar-refractivity contribution in [3.8, 4) is 0 Å². The van der Waals surface area contributed by atoms with Crippen molar-refractivity contribution < 1.29 is 19.6 Å². The summed E-state index contributed by atoms with van der Waals surface area (Å²) < 4.78 is 0. The minimum atomic E-state index is -1.47. The van der Waals surface area contributed by atoms with Gasteiger partial charge >= 0.3 is 7.12 Å². The SMILES string of the molecule is CCC(C)[C@H](NC(=O)[C@@H]1CCCN1C(=O)CN)C(=S)N1CCC[C@H]1B(O)O. The maximum atomic E-state index is 12.9. The Bertz CT molecular complexity index is 565. The summed E-state index contributed by atoms with van der Waals surface area (Å²) >= 11 is 5.66. The van der Waals surface area contributed by atoms with Crippen molar-refractivity contribution in [1.82, 2.24) is 15.1 Å². The second-order valence-electron chi connectivity index (χ2n) is 7.48. The zero-order chi connectivity index (χ0) is 20.1. The van der Waals surface area contributed by atoms with E-state index in [-0.39, 0.29) is 24.3 Å². The van der Waals surface area contributed by atoms with E-state index in [0.29, 0.717) is 30.9 Å². The molecule has 5 N–H and O–H groups in total. The van der Waals surface area contributed by atoms with Gasteiger partial charge in [-0.1, -0.05) is 32.5 Å². The van der Waals surface area contributed by atoms with Gasteiger partial charge in [0.25, 0.3) is 0 Å². The molecule has 0 spiro atoms. The predicted octanol–water partition coefficient (Wildman–Crippen LogP) is -0.729. The van der Waals surface area contributed by atoms with E-state index in [4.69, 9.17) is 18.0 Å². The predicted molar refractivity (Wildman–Crippen MR) is 108 cm³/mol. The second kappa shape index (κ2) is 9.81. The van der Waals surface area contributed by atoms with E-state index in [1.165, 1.54) is 0 Å². The van der Waals surface area contributed by atoms with Crippen molar-refractivity contribution in [2.24, 2.45) is 11.7 Å². The summed E-state index contributed by atoms with van der Waals surface area (Å²) in [6.45, 7) is 5.10. The lowest BCUT2D eigenvalue weighted by Crippen LogP contribution is -2.57. The van der Waals surface area contributed by atoms with Gasteiger partial charge in [-0.2, -0.15) is 0 Å². The minimum absolute atomic E-state index is 0.0820. The van der Waals surface area contributed by atoms with E-state index in [9.17, 15) is 19.6 Å². The van der Waals surface area contributed by atoms with E-state index in [0.717, 1.165) is 19.3 Å². The summed E-state index contributed by atoms with van der Waals surface area (Å²) in [6.07, 6.45) is 3.67. The van der Waals surface area contributed by atoms with Gasteiger partial charge in [0.15, 0.2) is 0 Å². The Morgan fingerprint density at radius 2 is 1.89 bits per heavy atom. The van der Waals surface area contributed by atoms with Gasteiger partial charge in [-0.25, -0.2) is 0 Å². The first-order valence-corrected chi connectivity index (χ1v) is 10.2. The maximum absolute atomic E-state index is 12.9. The first-order valence-electron chi connectivity index (χ1n) is 9.78. The number of rotatable bonds is 7. The molecule has 2 aliphatic rings. The summed E-state index contributed by atoms with van der Waals surface area (Å²) in [4.78, 5) is 28.8. The Hall–Kier alpha value is -1.23. The Balaban J connectivity index is 2.13. The van der Waals surface area contributed by atoms with Gasteiger partial charge in [0.1, 0.15) is 11.0 Å². The van der Waals surface area contributed by atoms with E-state index in [1.54, 1.807) is 4.90 Å². The number of hydrogen-bond donors (Lipinski definition) is 4. The maximum Gasteiger partial charge on any atom is 0.475 e. The third-order valence-corrected chi connectivity index (χ3v) is 6.24. The molecule has 0 aromatic heterocycles. The van der Waals surface area contributed by atoms with Crippen LogP contribution in [0.5, 0.6) is 0 Å². The third kappa shape index (κ3) is 4.98. The van der Waals surface area contributed by atoms with Crippen LogP contribution in [0.4, 0.5) is 0 Å². The number of amides is 2. The Morgan fingerprint density at radius 1 is 1.26 bits per heavy atom. The Morgan fingerprint density at radius 3 is 2.48 bits per heavy atom. The average Bonchev–Trinajstić information content (AvgIpc) is 3.33. The number of nitrogens with zero attached hydrogens (tertiary/aromatic N) is 2. The van der Waals surface area contributed by atoms with Gasteiger partial charge < -0.3 is 30.9 Å². The zero-order valence-electron chi connectivity index (χ0n) is 16.1. The molecule has 27 heavy (non-hydrogen) atoms. The highest BCUT2D eigenvalue weighted by atomic mass is 32.1. The van der Waals surface area contributed by atoms with Crippen LogP contribution in [0.2, 0.25) is 0 Å². The molecule has 2 heterocycles. The molecular formula is C17H31BN4O4S. The molecule has 2 amide bonds. The molecule has 0 radical (unpaired) electrons. The number of carbonyl (C=O) groups is 2. The standard InChI is InChI=1S/C17H31BN4O4S/c1-3-11(2)15(17(27)22-9-5-7-13(22)18(25)26)20-16(24)12-6-4-8-21(12)14(23)10-19/h11-13,15,25-26H,3-10,19H2,1-2H3,(H,20,24)/t11?,12-,13-,15-/m0/s1. The highest BCUT2D eigenvalue weighted by Crippen LogP contribution is 2.24. The fraction of sp³-hybridized carbons (Fsp3) is 0.824. The molecule has 0 bridgehead atoms. The molecular weight excluding hydrogens is 367 g/mol. The van der Waals surface area contributed by atoms with Gasteiger partial charge in [-0.15, -0.1) is 0 Å². The highest BCUT2D eigenvalue weighted by Gasteiger charge is 2.40. The number of nitrogens with one attached hydrogen (secondary N) is 1. The number of carbonyl (C=O) groups excluding carboxylic acids is 2. The summed E-state index contributed by atoms with van der Waals surface area (Å²) in [5.74, 6) is -0.804. The molecule has 1 unspecified atom stereocenters. The zero-order valence-corrected chi connectivity index (χ0v) is 17.0. The van der Waals surface area contributed by atoms with Gasteiger partial charge in [0.2, 0.25) is 11.8 Å². The smallest absolute Gasteiger partial charge is 0.426 e. The first kappa shape index (κ1) is 22.1. The normalized spacial score (nSPS) is 24.6. The van der Waals surface area contributed by atoms with Crippen molar-refractivity contribution in [3.05, 3.63) is 0 Å². The van der Waals surface area contributed by atoms with Gasteiger partial charge in [-0.05, 0) is 31.6 Å². The summed E-state index contributed by atoms with van der Waals surface area (Å²) in [5.41, 5.74) is 5.46. The first-order chi connectivity index (χ1) is 12.8. The largest absolute Gasteiger partial charge is 0.475 e. The average molecular weight is 398 g/mol. The minimum Gasteiger partial charge on any atom is -0.426 e. The van der Waals surface area contributed by atoms with Crippen LogP contribution in [0.25, 0.3) is 0 Å². The van der Waals surface area contributed by atoms with E-state index in [1.807, 2.05) is 18.7 Å². The molecule has 0 aromatic rings. The van der Waals surface area contributed by atoms with Gasteiger partial charge in [0, 0.05) is 13.1 Å². The van der Waals surface area contributed by atoms with Crippen LogP contribution in [-0.2, 0) is 9.59 Å². The lowest BCUT2D eigenvalue weighted by atomic mass is 9.77. The lowest BCUT2D eigenvalue weighted by Gasteiger charge is -2.35. The number of nitrogens with two attached hydrogens (primary N) is 1. The summed E-state index contributed by atoms with van der Waals surface area (Å²) in [7, 11) is -1.47. The van der Waals surface area contributed by atoms with Crippen molar-refractivity contribution in [2.75, 3.05) is 19.6 Å². The summed E-state index contributed by atoms with van der Waals surface area (Å²) in [5, 5.41) is 22.3. The quantitative estimate of drug-likeness (QED) is 0.330. The van der Waals surface area contributed by atoms with Crippen LogP contribution in [-0.4, -0.2) is 81.4 Å². The van der Waals surface area contributed by atoms with E-state index < -0.39 is 25.1 Å². The Kier molecular flexibility index (Phi) is 8.02. The van der Waals surface area contributed by atoms with Crippen LogP contribution in [0, 0.1) is 5.92 Å². The molecule has 10 heteroatoms. The fourth-order valence-corrected chi connectivity index (χ4v) is 4.46. The molecule has 0 aliphatic carbocycles. The molecule has 8 nitrogen and oxygen atoms in total. The van der Waals surface area contributed by atoms with Crippen molar-refractivity contribution in [1.29, 1.82) is 0 Å². The molecule has 4 atom stereocenters. The van der Waals surface area contributed by atoms with Crippen LogP contribution in [0.15, 0.2) is 0 Å². The van der Waals surface area contributed by atoms with Crippen LogP contribution >= 0.6 is 12.2 Å². The number of likely N-dealkylation sites (tertiary alicyclic amines) is 2. The molecule has 2 fully saturated rings. The van der Waals surface area contributed by atoms with Crippen molar-refractivity contribution >= 4 is 36.1 Å². The topological polar surface area (TPSA) is 119 Å². The Labute approximate surface area is 166 Å². The molecule has 0 saturated carbocycles. The molecule has 152 valence electrons. The van der Waals surface area contributed by atoms with Crippen molar-refractivity contribution in [2.45, 2.75) is 64.0 Å². The van der Waals surface area contributed by atoms with Crippen LogP contribution < -0.4 is 11.1 Å². The lowest BCUT2D eigenvalue weighted by molar-refractivity contribution is -0.137. The fourth-order valence-electron chi connectivity index (χ4n) is 3.94. The third-order valence-electron chi connectivity index (χ3n) is 5.75. The number of thiocarbonyl (C=S) groups is 1. The second-order valence-corrected chi connectivity index (χ2v) is 7.89. The molecule has 2 rings (SSSR count). The molecule has 0 aromatic carbocycles. The number of hydrogen-bond acceptors (Lipinski definition) is 6. The van der Waals surface area contributed by atoms with Crippen LogP contribution in [0.3, 0.4) is 0 Å². The van der Waals surface area contributed by atoms with Gasteiger partial charge in [0.05, 0.1) is 18.5 Å².